The highest BCUT2D eigenvalue weighted by molar-refractivity contribution is 7.89. The summed E-state index contributed by atoms with van der Waals surface area (Å²) in [6, 6.07) is 5.53. The van der Waals surface area contributed by atoms with Gasteiger partial charge in [0.15, 0.2) is 0 Å². The van der Waals surface area contributed by atoms with Crippen molar-refractivity contribution >= 4 is 16.1 Å². The molecule has 198 valence electrons. The van der Waals surface area contributed by atoms with Crippen LogP contribution in [0.15, 0.2) is 35.5 Å². The smallest absolute Gasteiger partial charge is 0.410 e. The van der Waals surface area contributed by atoms with Crippen LogP contribution in [0.4, 0.5) is 4.79 Å². The molecule has 0 spiro atoms. The molecule has 1 aromatic heterocycles. The van der Waals surface area contributed by atoms with E-state index in [1.54, 1.807) is 17.2 Å². The quantitative estimate of drug-likeness (QED) is 0.578. The number of aryl methyl sites for hydroxylation is 1. The average molecular weight is 520 g/mol. The van der Waals surface area contributed by atoms with Crippen molar-refractivity contribution in [3.05, 3.63) is 36.2 Å². The molecular formula is C25H37N5O5S. The standard InChI is InChI=1S/C25H37N5O5S/c1-20-5-6-21(17-23(20)36(32,33)30-13-15-34-16-14-30)22-18-26-29(19-22)12-9-27-7-10-28(11-8-27)24(31)35-25(2,3)4/h5-6,17-19H,7-16H2,1-4H3. The molecule has 0 aliphatic carbocycles. The van der Waals surface area contributed by atoms with Crippen LogP contribution >= 0.6 is 0 Å². The Hall–Kier alpha value is -2.47. The SMILES string of the molecule is Cc1ccc(-c2cnn(CCN3CCN(C(=O)OC(C)(C)C)CC3)c2)cc1S(=O)(=O)N1CCOCC1. The summed E-state index contributed by atoms with van der Waals surface area (Å²) in [5.74, 6) is 0. The molecule has 2 fully saturated rings. The fraction of sp³-hybridized carbons (Fsp3) is 0.600. The number of sulfonamides is 1. The number of rotatable bonds is 6. The van der Waals surface area contributed by atoms with Crippen molar-refractivity contribution in [2.24, 2.45) is 0 Å². The van der Waals surface area contributed by atoms with Crippen molar-refractivity contribution in [2.75, 3.05) is 59.0 Å². The van der Waals surface area contributed by atoms with Crippen LogP contribution in [-0.2, 0) is 26.0 Å². The second-order valence-corrected chi connectivity index (χ2v) is 12.2. The molecular weight excluding hydrogens is 482 g/mol. The highest BCUT2D eigenvalue weighted by Crippen LogP contribution is 2.27. The molecule has 0 radical (unpaired) electrons. The summed E-state index contributed by atoms with van der Waals surface area (Å²) in [5.41, 5.74) is 1.94. The number of aromatic nitrogens is 2. The molecule has 2 aromatic rings. The molecule has 36 heavy (non-hydrogen) atoms. The number of carbonyl (C=O) groups is 1. The number of benzene rings is 1. The van der Waals surface area contributed by atoms with E-state index in [1.807, 2.05) is 50.7 Å². The lowest BCUT2D eigenvalue weighted by atomic mass is 10.1. The van der Waals surface area contributed by atoms with Crippen LogP contribution in [0.5, 0.6) is 0 Å². The number of ether oxygens (including phenoxy) is 2. The van der Waals surface area contributed by atoms with Gasteiger partial charge >= 0.3 is 6.09 Å². The molecule has 2 aliphatic heterocycles. The van der Waals surface area contributed by atoms with Gasteiger partial charge in [-0.15, -0.1) is 0 Å². The number of nitrogens with zero attached hydrogens (tertiary/aromatic N) is 5. The van der Waals surface area contributed by atoms with E-state index in [-0.39, 0.29) is 6.09 Å². The van der Waals surface area contributed by atoms with Crippen LogP contribution < -0.4 is 0 Å². The number of carbonyl (C=O) groups excluding carboxylic acids is 1. The molecule has 2 saturated heterocycles. The van der Waals surface area contributed by atoms with Crippen LogP contribution in [-0.4, -0.2) is 103 Å². The van der Waals surface area contributed by atoms with Gasteiger partial charge in [-0.2, -0.15) is 9.40 Å². The van der Waals surface area contributed by atoms with Gasteiger partial charge in [-0.3, -0.25) is 9.58 Å². The maximum Gasteiger partial charge on any atom is 0.410 e. The van der Waals surface area contributed by atoms with Gasteiger partial charge in [-0.05, 0) is 44.9 Å². The van der Waals surface area contributed by atoms with Crippen molar-refractivity contribution < 1.29 is 22.7 Å². The number of amides is 1. The normalized spacial score (nSPS) is 18.4. The summed E-state index contributed by atoms with van der Waals surface area (Å²) in [4.78, 5) is 16.7. The molecule has 0 saturated carbocycles. The third kappa shape index (κ3) is 6.44. The number of piperazine rings is 1. The van der Waals surface area contributed by atoms with E-state index in [1.165, 1.54) is 4.31 Å². The van der Waals surface area contributed by atoms with E-state index in [0.29, 0.717) is 50.8 Å². The summed E-state index contributed by atoms with van der Waals surface area (Å²) >= 11 is 0. The molecule has 4 rings (SSSR count). The van der Waals surface area contributed by atoms with Crippen LogP contribution in [0.2, 0.25) is 0 Å². The van der Waals surface area contributed by atoms with Crippen LogP contribution in [0, 0.1) is 6.92 Å². The minimum absolute atomic E-state index is 0.257. The number of hydrogen-bond acceptors (Lipinski definition) is 7. The zero-order valence-electron chi connectivity index (χ0n) is 21.6. The maximum atomic E-state index is 13.2. The third-order valence-corrected chi connectivity index (χ3v) is 8.45. The zero-order valence-corrected chi connectivity index (χ0v) is 22.5. The van der Waals surface area contributed by atoms with Crippen LogP contribution in [0.3, 0.4) is 0 Å². The van der Waals surface area contributed by atoms with E-state index in [4.69, 9.17) is 9.47 Å². The number of hydrogen-bond donors (Lipinski definition) is 0. The molecule has 0 bridgehead atoms. The second kappa shape index (κ2) is 10.9. The minimum atomic E-state index is -3.58. The van der Waals surface area contributed by atoms with Gasteiger partial charge < -0.3 is 14.4 Å². The molecule has 1 amide bonds. The number of morpholine rings is 1. The van der Waals surface area contributed by atoms with Gasteiger partial charge in [0.25, 0.3) is 0 Å². The highest BCUT2D eigenvalue weighted by Gasteiger charge is 2.28. The summed E-state index contributed by atoms with van der Waals surface area (Å²) in [6.45, 7) is 13.4. The van der Waals surface area contributed by atoms with E-state index >= 15 is 0 Å². The fourth-order valence-electron chi connectivity index (χ4n) is 4.34. The molecule has 10 nitrogen and oxygen atoms in total. The Balaban J connectivity index is 1.35. The Kier molecular flexibility index (Phi) is 8.03. The monoisotopic (exact) mass is 519 g/mol. The van der Waals surface area contributed by atoms with Crippen molar-refractivity contribution in [1.29, 1.82) is 0 Å². The van der Waals surface area contributed by atoms with Gasteiger partial charge in [-0.25, -0.2) is 13.2 Å². The maximum absolute atomic E-state index is 13.2. The largest absolute Gasteiger partial charge is 0.444 e. The summed E-state index contributed by atoms with van der Waals surface area (Å²) in [6.07, 6.45) is 3.47. The summed E-state index contributed by atoms with van der Waals surface area (Å²) < 4.78 is 40.6. The predicted molar refractivity (Wildman–Crippen MR) is 136 cm³/mol. The topological polar surface area (TPSA) is 97.2 Å². The van der Waals surface area contributed by atoms with E-state index in [2.05, 4.69) is 10.00 Å². The minimum Gasteiger partial charge on any atom is -0.444 e. The molecule has 11 heteroatoms. The molecule has 3 heterocycles. The highest BCUT2D eigenvalue weighted by atomic mass is 32.2. The lowest BCUT2D eigenvalue weighted by molar-refractivity contribution is 0.0142. The first kappa shape index (κ1) is 26.6. The Morgan fingerprint density at radius 1 is 1.03 bits per heavy atom. The summed E-state index contributed by atoms with van der Waals surface area (Å²) in [5, 5.41) is 4.49. The van der Waals surface area contributed by atoms with Gasteiger partial charge in [0.1, 0.15) is 5.60 Å². The first-order chi connectivity index (χ1) is 17.0. The van der Waals surface area contributed by atoms with Crippen molar-refractivity contribution in [3.8, 4) is 11.1 Å². The van der Waals surface area contributed by atoms with Gasteiger partial charge in [0.2, 0.25) is 10.0 Å². The Bertz CT molecular complexity index is 1160. The first-order valence-electron chi connectivity index (χ1n) is 12.4. The third-order valence-electron chi connectivity index (χ3n) is 6.41. The molecule has 0 unspecified atom stereocenters. The molecule has 0 atom stereocenters. The fourth-order valence-corrected chi connectivity index (χ4v) is 6.00. The first-order valence-corrected chi connectivity index (χ1v) is 13.9. The predicted octanol–water partition coefficient (Wildman–Crippen LogP) is 2.43. The van der Waals surface area contributed by atoms with Gasteiger partial charge in [-0.1, -0.05) is 12.1 Å². The van der Waals surface area contributed by atoms with Crippen molar-refractivity contribution in [3.63, 3.8) is 0 Å². The average Bonchev–Trinajstić information content (AvgIpc) is 3.32. The van der Waals surface area contributed by atoms with E-state index in [9.17, 15) is 13.2 Å². The summed E-state index contributed by atoms with van der Waals surface area (Å²) in [7, 11) is -3.58. The van der Waals surface area contributed by atoms with Crippen LogP contribution in [0.1, 0.15) is 26.3 Å². The Labute approximate surface area is 213 Å². The molecule has 2 aliphatic rings. The lowest BCUT2D eigenvalue weighted by Gasteiger charge is -2.35. The second-order valence-electron chi connectivity index (χ2n) is 10.3. The Morgan fingerprint density at radius 3 is 2.39 bits per heavy atom. The molecule has 1 aromatic carbocycles. The van der Waals surface area contributed by atoms with Crippen LogP contribution in [0.25, 0.3) is 11.1 Å². The van der Waals surface area contributed by atoms with Crippen molar-refractivity contribution in [2.45, 2.75) is 44.7 Å². The van der Waals surface area contributed by atoms with E-state index < -0.39 is 15.6 Å². The van der Waals surface area contributed by atoms with Gasteiger partial charge in [0.05, 0.1) is 30.9 Å². The Morgan fingerprint density at radius 2 is 1.72 bits per heavy atom. The van der Waals surface area contributed by atoms with Gasteiger partial charge in [0, 0.05) is 57.6 Å². The van der Waals surface area contributed by atoms with Crippen molar-refractivity contribution in [1.82, 2.24) is 23.9 Å². The molecule has 0 N–H and O–H groups in total. The zero-order chi connectivity index (χ0) is 25.9. The van der Waals surface area contributed by atoms with E-state index in [0.717, 1.165) is 36.3 Å². The lowest BCUT2D eigenvalue weighted by Crippen LogP contribution is -2.50.